The van der Waals surface area contributed by atoms with Crippen molar-refractivity contribution in [1.82, 2.24) is 0 Å². The second-order valence-corrected chi connectivity index (χ2v) is 4.82. The van der Waals surface area contributed by atoms with Crippen LogP contribution < -0.4 is 4.74 Å². The summed E-state index contributed by atoms with van der Waals surface area (Å²) in [4.78, 5) is 0. The number of rotatable bonds is 4. The summed E-state index contributed by atoms with van der Waals surface area (Å²) in [7, 11) is 0. The molecule has 0 aliphatic heterocycles. The summed E-state index contributed by atoms with van der Waals surface area (Å²) in [6, 6.07) is 17.8. The third-order valence-electron chi connectivity index (χ3n) is 3.01. The van der Waals surface area contributed by atoms with E-state index >= 15 is 0 Å². The molecule has 0 radical (unpaired) electrons. The van der Waals surface area contributed by atoms with E-state index in [1.165, 1.54) is 5.56 Å². The second-order valence-electron chi connectivity index (χ2n) is 4.82. The second kappa shape index (κ2) is 6.06. The van der Waals surface area contributed by atoms with Crippen molar-refractivity contribution in [3.63, 3.8) is 0 Å². The SMILES string of the molecule is CC(C)c1ccc(OCc2cccc(C#N)c2)cc1. The molecule has 0 aliphatic carbocycles. The van der Waals surface area contributed by atoms with Crippen molar-refractivity contribution >= 4 is 0 Å². The first-order valence-electron chi connectivity index (χ1n) is 6.41. The maximum absolute atomic E-state index is 8.84. The lowest BCUT2D eigenvalue weighted by molar-refractivity contribution is 0.306. The van der Waals surface area contributed by atoms with Crippen LogP contribution in [0.15, 0.2) is 48.5 Å². The van der Waals surface area contributed by atoms with E-state index in [0.717, 1.165) is 11.3 Å². The molecule has 0 unspecified atom stereocenters. The molecule has 0 saturated heterocycles. The van der Waals surface area contributed by atoms with Crippen LogP contribution in [0.2, 0.25) is 0 Å². The fraction of sp³-hybridized carbons (Fsp3) is 0.235. The molecule has 0 aromatic heterocycles. The quantitative estimate of drug-likeness (QED) is 0.813. The maximum Gasteiger partial charge on any atom is 0.119 e. The molecule has 0 saturated carbocycles. The molecular weight excluding hydrogens is 234 g/mol. The smallest absolute Gasteiger partial charge is 0.119 e. The standard InChI is InChI=1S/C17H17NO/c1-13(2)16-6-8-17(9-7-16)19-12-15-5-3-4-14(10-15)11-18/h3-10,13H,12H2,1-2H3. The number of ether oxygens (including phenoxy) is 1. The van der Waals surface area contributed by atoms with Crippen molar-refractivity contribution in [3.05, 3.63) is 65.2 Å². The third kappa shape index (κ3) is 3.59. The highest BCUT2D eigenvalue weighted by atomic mass is 16.5. The van der Waals surface area contributed by atoms with Gasteiger partial charge in [-0.25, -0.2) is 0 Å². The van der Waals surface area contributed by atoms with Crippen LogP contribution in [0.25, 0.3) is 0 Å². The van der Waals surface area contributed by atoms with Crippen LogP contribution in [0.5, 0.6) is 5.75 Å². The molecule has 2 aromatic rings. The zero-order valence-electron chi connectivity index (χ0n) is 11.3. The molecule has 0 N–H and O–H groups in total. The molecule has 2 rings (SSSR count). The Morgan fingerprint density at radius 2 is 1.84 bits per heavy atom. The van der Waals surface area contributed by atoms with E-state index in [4.69, 9.17) is 10.00 Å². The van der Waals surface area contributed by atoms with Crippen molar-refractivity contribution in [1.29, 1.82) is 5.26 Å². The molecule has 0 atom stereocenters. The fourth-order valence-corrected chi connectivity index (χ4v) is 1.85. The van der Waals surface area contributed by atoms with Crippen LogP contribution in [0.3, 0.4) is 0 Å². The minimum absolute atomic E-state index is 0.483. The Hall–Kier alpha value is -2.27. The molecule has 2 heteroatoms. The van der Waals surface area contributed by atoms with Gasteiger partial charge in [-0.05, 0) is 41.3 Å². The lowest BCUT2D eigenvalue weighted by Crippen LogP contribution is -1.96. The molecule has 96 valence electrons. The van der Waals surface area contributed by atoms with Crippen LogP contribution in [-0.2, 0) is 6.61 Å². The van der Waals surface area contributed by atoms with Crippen molar-refractivity contribution in [2.24, 2.45) is 0 Å². The van der Waals surface area contributed by atoms with Gasteiger partial charge in [-0.2, -0.15) is 5.26 Å². The Morgan fingerprint density at radius 3 is 2.47 bits per heavy atom. The molecule has 2 aromatic carbocycles. The number of hydrogen-bond donors (Lipinski definition) is 0. The first-order valence-corrected chi connectivity index (χ1v) is 6.41. The van der Waals surface area contributed by atoms with Crippen molar-refractivity contribution in [2.75, 3.05) is 0 Å². The van der Waals surface area contributed by atoms with Crippen molar-refractivity contribution in [3.8, 4) is 11.8 Å². The molecular formula is C17H17NO. The maximum atomic E-state index is 8.84. The largest absolute Gasteiger partial charge is 0.489 e. The zero-order valence-corrected chi connectivity index (χ0v) is 11.3. The average Bonchev–Trinajstić information content (AvgIpc) is 2.46. The molecule has 0 amide bonds. The Kier molecular flexibility index (Phi) is 4.20. The van der Waals surface area contributed by atoms with E-state index in [-0.39, 0.29) is 0 Å². The average molecular weight is 251 g/mol. The van der Waals surface area contributed by atoms with Gasteiger partial charge in [0.1, 0.15) is 12.4 Å². The van der Waals surface area contributed by atoms with Gasteiger partial charge in [0.05, 0.1) is 11.6 Å². The van der Waals surface area contributed by atoms with E-state index in [0.29, 0.717) is 18.1 Å². The van der Waals surface area contributed by atoms with Crippen molar-refractivity contribution in [2.45, 2.75) is 26.4 Å². The predicted octanol–water partition coefficient (Wildman–Crippen LogP) is 4.26. The molecule has 0 heterocycles. The van der Waals surface area contributed by atoms with Crippen LogP contribution in [0.1, 0.15) is 36.5 Å². The number of nitriles is 1. The van der Waals surface area contributed by atoms with Gasteiger partial charge in [-0.3, -0.25) is 0 Å². The minimum atomic E-state index is 0.483. The normalized spacial score (nSPS) is 10.2. The summed E-state index contributed by atoms with van der Waals surface area (Å²) >= 11 is 0. The van der Waals surface area contributed by atoms with Crippen molar-refractivity contribution < 1.29 is 4.74 Å². The summed E-state index contributed by atoms with van der Waals surface area (Å²) < 4.78 is 5.72. The molecule has 2 nitrogen and oxygen atoms in total. The van der Waals surface area contributed by atoms with Gasteiger partial charge in [0.2, 0.25) is 0 Å². The lowest BCUT2D eigenvalue weighted by Gasteiger charge is -2.09. The lowest BCUT2D eigenvalue weighted by atomic mass is 10.0. The highest BCUT2D eigenvalue weighted by Gasteiger charge is 2.00. The Labute approximate surface area is 114 Å². The van der Waals surface area contributed by atoms with Crippen LogP contribution >= 0.6 is 0 Å². The molecule has 0 aliphatic rings. The topological polar surface area (TPSA) is 33.0 Å². The zero-order chi connectivity index (χ0) is 13.7. The van der Waals surface area contributed by atoms with Gasteiger partial charge >= 0.3 is 0 Å². The third-order valence-corrected chi connectivity index (χ3v) is 3.01. The minimum Gasteiger partial charge on any atom is -0.489 e. The van der Waals surface area contributed by atoms with Crippen LogP contribution in [0.4, 0.5) is 0 Å². The molecule has 19 heavy (non-hydrogen) atoms. The Morgan fingerprint density at radius 1 is 1.11 bits per heavy atom. The van der Waals surface area contributed by atoms with Crippen LogP contribution in [0, 0.1) is 11.3 Å². The van der Waals surface area contributed by atoms with E-state index < -0.39 is 0 Å². The Balaban J connectivity index is 2.00. The van der Waals surface area contributed by atoms with E-state index in [1.807, 2.05) is 30.3 Å². The number of benzene rings is 2. The fourth-order valence-electron chi connectivity index (χ4n) is 1.85. The number of nitrogens with zero attached hydrogens (tertiary/aromatic N) is 1. The van der Waals surface area contributed by atoms with Gasteiger partial charge in [-0.15, -0.1) is 0 Å². The summed E-state index contributed by atoms with van der Waals surface area (Å²) in [5.74, 6) is 1.38. The summed E-state index contributed by atoms with van der Waals surface area (Å²) in [5.41, 5.74) is 2.97. The first kappa shape index (κ1) is 13.2. The van der Waals surface area contributed by atoms with E-state index in [1.54, 1.807) is 6.07 Å². The highest BCUT2D eigenvalue weighted by Crippen LogP contribution is 2.19. The Bertz CT molecular complexity index is 579. The number of hydrogen-bond acceptors (Lipinski definition) is 2. The van der Waals surface area contributed by atoms with Gasteiger partial charge in [0, 0.05) is 0 Å². The summed E-state index contributed by atoms with van der Waals surface area (Å²) in [6.45, 7) is 4.82. The molecule has 0 spiro atoms. The first-order chi connectivity index (χ1) is 9.19. The van der Waals surface area contributed by atoms with E-state index in [2.05, 4.69) is 32.0 Å². The highest BCUT2D eigenvalue weighted by molar-refractivity contribution is 5.33. The monoisotopic (exact) mass is 251 g/mol. The van der Waals surface area contributed by atoms with Gasteiger partial charge in [0.25, 0.3) is 0 Å². The van der Waals surface area contributed by atoms with Gasteiger partial charge < -0.3 is 4.74 Å². The molecule has 0 fully saturated rings. The summed E-state index contributed by atoms with van der Waals surface area (Å²) in [6.07, 6.45) is 0. The summed E-state index contributed by atoms with van der Waals surface area (Å²) in [5, 5.41) is 8.84. The van der Waals surface area contributed by atoms with Gasteiger partial charge in [0.15, 0.2) is 0 Å². The predicted molar refractivity (Wildman–Crippen MR) is 76.0 cm³/mol. The van der Waals surface area contributed by atoms with E-state index in [9.17, 15) is 0 Å². The van der Waals surface area contributed by atoms with Crippen LogP contribution in [-0.4, -0.2) is 0 Å². The van der Waals surface area contributed by atoms with Gasteiger partial charge in [-0.1, -0.05) is 38.1 Å². The molecule has 0 bridgehead atoms.